The number of aliphatic hydroxyl groups is 1. The molecule has 0 saturated heterocycles. The number of hydrogen-bond acceptors (Lipinski definition) is 5. The minimum absolute atomic E-state index is 0.102. The molecule has 0 saturated carbocycles. The van der Waals surface area contributed by atoms with Crippen molar-refractivity contribution < 1.29 is 22.8 Å². The first-order chi connectivity index (χ1) is 7.01. The van der Waals surface area contributed by atoms with Crippen LogP contribution in [0.4, 0.5) is 0 Å². The fourth-order valence-corrected chi connectivity index (χ4v) is 6.16. The molecule has 1 atom stereocenters. The lowest BCUT2D eigenvalue weighted by molar-refractivity contribution is 0.124. The summed E-state index contributed by atoms with van der Waals surface area (Å²) in [5, 5.41) is 9.23. The normalized spacial score (nSPS) is 16.4. The molecule has 15 heavy (non-hydrogen) atoms. The first kappa shape index (κ1) is 15.2. The van der Waals surface area contributed by atoms with Gasteiger partial charge >= 0.3 is 8.80 Å². The standard InChI is InChI=1S/C8H22O5Si2/c1-10-14(5,8-9)6-7-15(11-2,12-3)13-4/h9H,6-8H2,1-5H3. The lowest BCUT2D eigenvalue weighted by atomic mass is 10.9. The summed E-state index contributed by atoms with van der Waals surface area (Å²) in [7, 11) is 1.88. The number of hydrogen-bond donors (Lipinski definition) is 1. The monoisotopic (exact) mass is 254 g/mol. The van der Waals surface area contributed by atoms with Gasteiger partial charge in [-0.2, -0.15) is 0 Å². The van der Waals surface area contributed by atoms with Gasteiger partial charge in [-0.15, -0.1) is 0 Å². The maximum atomic E-state index is 9.23. The second kappa shape index (κ2) is 6.74. The van der Waals surface area contributed by atoms with Crippen LogP contribution in [0.15, 0.2) is 0 Å². The van der Waals surface area contributed by atoms with Crippen molar-refractivity contribution in [1.29, 1.82) is 0 Å². The molecule has 0 fully saturated rings. The Hall–Kier alpha value is 0.234. The Morgan fingerprint density at radius 1 is 0.867 bits per heavy atom. The summed E-state index contributed by atoms with van der Waals surface area (Å²) < 4.78 is 21.3. The Labute approximate surface area is 93.8 Å². The van der Waals surface area contributed by atoms with Crippen LogP contribution in [0.3, 0.4) is 0 Å². The smallest absolute Gasteiger partial charge is 0.418 e. The average Bonchev–Trinajstić information content (AvgIpc) is 2.31. The summed E-state index contributed by atoms with van der Waals surface area (Å²) in [5.41, 5.74) is 0. The van der Waals surface area contributed by atoms with Crippen LogP contribution in [-0.2, 0) is 17.7 Å². The van der Waals surface area contributed by atoms with Gasteiger partial charge in [0.05, 0.1) is 6.23 Å². The topological polar surface area (TPSA) is 57.2 Å². The van der Waals surface area contributed by atoms with Crippen LogP contribution < -0.4 is 0 Å². The van der Waals surface area contributed by atoms with Crippen molar-refractivity contribution in [2.24, 2.45) is 0 Å². The zero-order chi connectivity index (χ0) is 11.9. The van der Waals surface area contributed by atoms with Gasteiger partial charge in [-0.1, -0.05) is 0 Å². The maximum Gasteiger partial charge on any atom is 0.499 e. The number of rotatable bonds is 8. The van der Waals surface area contributed by atoms with Crippen LogP contribution in [0, 0.1) is 0 Å². The second-order valence-corrected chi connectivity index (χ2v) is 10.8. The molecule has 0 spiro atoms. The predicted molar refractivity (Wildman–Crippen MR) is 62.1 cm³/mol. The Bertz CT molecular complexity index is 162. The predicted octanol–water partition coefficient (Wildman–Crippen LogP) is 0.618. The van der Waals surface area contributed by atoms with E-state index in [1.165, 1.54) is 0 Å². The zero-order valence-corrected chi connectivity index (χ0v) is 12.2. The minimum Gasteiger partial charge on any atom is -0.418 e. The highest BCUT2D eigenvalue weighted by molar-refractivity contribution is 6.74. The Kier molecular flexibility index (Phi) is 6.84. The van der Waals surface area contributed by atoms with Gasteiger partial charge in [-0.25, -0.2) is 0 Å². The average molecular weight is 254 g/mol. The van der Waals surface area contributed by atoms with E-state index in [2.05, 4.69) is 0 Å². The van der Waals surface area contributed by atoms with E-state index < -0.39 is 17.1 Å². The summed E-state index contributed by atoms with van der Waals surface area (Å²) in [4.78, 5) is 0. The Morgan fingerprint density at radius 3 is 1.60 bits per heavy atom. The molecule has 0 aliphatic carbocycles. The van der Waals surface area contributed by atoms with E-state index in [1.807, 2.05) is 6.55 Å². The largest absolute Gasteiger partial charge is 0.499 e. The third-order valence-electron chi connectivity index (χ3n) is 2.72. The SMILES string of the molecule is CO[Si](C)(CO)CC[Si](OC)(OC)OC. The molecule has 92 valence electrons. The van der Waals surface area contributed by atoms with E-state index in [9.17, 15) is 5.11 Å². The molecule has 5 nitrogen and oxygen atoms in total. The molecule has 0 amide bonds. The highest BCUT2D eigenvalue weighted by Crippen LogP contribution is 2.21. The highest BCUT2D eigenvalue weighted by Gasteiger charge is 2.41. The molecule has 1 N–H and O–H groups in total. The lowest BCUT2D eigenvalue weighted by Crippen LogP contribution is -2.47. The molecule has 0 aliphatic heterocycles. The van der Waals surface area contributed by atoms with Gasteiger partial charge in [-0.05, 0) is 12.6 Å². The summed E-state index contributed by atoms with van der Waals surface area (Å²) in [6.07, 6.45) is 0.102. The molecule has 1 unspecified atom stereocenters. The quantitative estimate of drug-likeness (QED) is 0.644. The first-order valence-electron chi connectivity index (χ1n) is 4.83. The minimum atomic E-state index is -2.52. The van der Waals surface area contributed by atoms with Crippen LogP contribution in [-0.4, -0.2) is 56.9 Å². The molecule has 0 radical (unpaired) electrons. The van der Waals surface area contributed by atoms with Crippen molar-refractivity contribution in [3.63, 3.8) is 0 Å². The molecule has 0 aromatic heterocycles. The summed E-state index contributed by atoms with van der Waals surface area (Å²) in [5.74, 6) is 0. The van der Waals surface area contributed by atoms with Gasteiger partial charge in [0.25, 0.3) is 0 Å². The van der Waals surface area contributed by atoms with Crippen LogP contribution in [0.5, 0.6) is 0 Å². The van der Waals surface area contributed by atoms with Crippen LogP contribution in [0.1, 0.15) is 0 Å². The van der Waals surface area contributed by atoms with E-state index >= 15 is 0 Å². The van der Waals surface area contributed by atoms with Gasteiger partial charge in [0, 0.05) is 34.5 Å². The molecule has 7 heteroatoms. The van der Waals surface area contributed by atoms with Crippen molar-refractivity contribution in [1.82, 2.24) is 0 Å². The molecule has 0 aromatic rings. The van der Waals surface area contributed by atoms with E-state index in [4.69, 9.17) is 17.7 Å². The lowest BCUT2D eigenvalue weighted by Gasteiger charge is -2.29. The maximum absolute atomic E-state index is 9.23. The fraction of sp³-hybridized carbons (Fsp3) is 1.00. The van der Waals surface area contributed by atoms with Gasteiger partial charge in [0.1, 0.15) is 0 Å². The molecular formula is C8H22O5Si2. The van der Waals surface area contributed by atoms with E-state index in [-0.39, 0.29) is 6.23 Å². The van der Waals surface area contributed by atoms with Gasteiger partial charge < -0.3 is 22.8 Å². The Balaban J connectivity index is 4.32. The third kappa shape index (κ3) is 4.31. The molecule has 0 bridgehead atoms. The van der Waals surface area contributed by atoms with Crippen molar-refractivity contribution in [2.75, 3.05) is 34.7 Å². The molecule has 0 rings (SSSR count). The van der Waals surface area contributed by atoms with E-state index in [0.717, 1.165) is 6.04 Å². The van der Waals surface area contributed by atoms with Crippen molar-refractivity contribution in [2.45, 2.75) is 18.6 Å². The fourth-order valence-electron chi connectivity index (χ4n) is 1.22. The molecule has 0 heterocycles. The van der Waals surface area contributed by atoms with Crippen LogP contribution in [0.25, 0.3) is 0 Å². The third-order valence-corrected chi connectivity index (χ3v) is 8.91. The Morgan fingerprint density at radius 2 is 1.33 bits per heavy atom. The summed E-state index contributed by atoms with van der Waals surface area (Å²) >= 11 is 0. The van der Waals surface area contributed by atoms with Crippen molar-refractivity contribution in [3.8, 4) is 0 Å². The number of aliphatic hydroxyl groups excluding tert-OH is 1. The zero-order valence-electron chi connectivity index (χ0n) is 10.2. The van der Waals surface area contributed by atoms with Crippen molar-refractivity contribution >= 4 is 17.1 Å². The molecular weight excluding hydrogens is 232 g/mol. The van der Waals surface area contributed by atoms with Gasteiger partial charge in [0.2, 0.25) is 8.32 Å². The van der Waals surface area contributed by atoms with Crippen molar-refractivity contribution in [3.05, 3.63) is 0 Å². The van der Waals surface area contributed by atoms with Crippen LogP contribution in [0.2, 0.25) is 18.6 Å². The highest BCUT2D eigenvalue weighted by atomic mass is 28.4. The molecule has 0 aliphatic rings. The summed E-state index contributed by atoms with van der Waals surface area (Å²) in [6.45, 7) is 1.98. The first-order valence-corrected chi connectivity index (χ1v) is 9.58. The van der Waals surface area contributed by atoms with E-state index in [1.54, 1.807) is 28.4 Å². The molecule has 0 aromatic carbocycles. The second-order valence-electron chi connectivity index (χ2n) is 3.61. The van der Waals surface area contributed by atoms with Gasteiger partial charge in [-0.3, -0.25) is 0 Å². The van der Waals surface area contributed by atoms with E-state index in [0.29, 0.717) is 6.04 Å². The van der Waals surface area contributed by atoms with Crippen LogP contribution >= 0.6 is 0 Å². The van der Waals surface area contributed by atoms with Gasteiger partial charge in [0.15, 0.2) is 0 Å². The summed E-state index contributed by atoms with van der Waals surface area (Å²) in [6, 6.07) is 1.44.